The smallest absolute Gasteiger partial charge is 0.282 e. The lowest BCUT2D eigenvalue weighted by Crippen LogP contribution is -2.29. The fraction of sp³-hybridized carbons (Fsp3) is 0.111. The van der Waals surface area contributed by atoms with E-state index in [4.69, 9.17) is 23.2 Å². The van der Waals surface area contributed by atoms with E-state index >= 15 is 0 Å². The summed E-state index contributed by atoms with van der Waals surface area (Å²) >= 11 is 12.3. The van der Waals surface area contributed by atoms with Crippen LogP contribution in [0.5, 0.6) is 0 Å². The predicted molar refractivity (Wildman–Crippen MR) is 151 cm³/mol. The number of nitriles is 1. The van der Waals surface area contributed by atoms with E-state index in [1.54, 1.807) is 19.1 Å². The number of rotatable bonds is 5. The molecule has 1 aliphatic rings. The van der Waals surface area contributed by atoms with Crippen molar-refractivity contribution in [2.24, 2.45) is 15.2 Å². The summed E-state index contributed by atoms with van der Waals surface area (Å²) in [7, 11) is -4.68. The molecular formula is C27H18Cl2N6O4S. The first-order valence-corrected chi connectivity index (χ1v) is 13.8. The topological polar surface area (TPSA) is 150 Å². The van der Waals surface area contributed by atoms with Crippen molar-refractivity contribution in [2.45, 2.75) is 25.3 Å². The molecule has 1 aromatic heterocycles. The van der Waals surface area contributed by atoms with E-state index in [9.17, 15) is 23.0 Å². The fourth-order valence-corrected chi connectivity index (χ4v) is 5.24. The summed E-state index contributed by atoms with van der Waals surface area (Å²) < 4.78 is 35.5. The van der Waals surface area contributed by atoms with Crippen molar-refractivity contribution in [1.29, 1.82) is 5.26 Å². The van der Waals surface area contributed by atoms with Gasteiger partial charge in [0.05, 0.1) is 39.0 Å². The second kappa shape index (κ2) is 10.4. The Labute approximate surface area is 238 Å². The highest BCUT2D eigenvalue weighted by molar-refractivity contribution is 7.85. The quantitative estimate of drug-likeness (QED) is 0.196. The van der Waals surface area contributed by atoms with Gasteiger partial charge >= 0.3 is 0 Å². The first-order valence-electron chi connectivity index (χ1n) is 11.6. The lowest BCUT2D eigenvalue weighted by molar-refractivity contribution is 0.0992. The van der Waals surface area contributed by atoms with Crippen LogP contribution in [-0.4, -0.2) is 34.1 Å². The third-order valence-electron chi connectivity index (χ3n) is 6.22. The first-order chi connectivity index (χ1) is 19.0. The van der Waals surface area contributed by atoms with Crippen LogP contribution in [0.2, 0.25) is 10.0 Å². The van der Waals surface area contributed by atoms with Crippen molar-refractivity contribution in [3.05, 3.63) is 87.2 Å². The van der Waals surface area contributed by atoms with E-state index in [0.29, 0.717) is 16.7 Å². The summed E-state index contributed by atoms with van der Waals surface area (Å²) in [5, 5.41) is 18.4. The Balaban J connectivity index is 1.54. The fourth-order valence-electron chi connectivity index (χ4n) is 4.19. The molecule has 10 nitrogen and oxygen atoms in total. The molecule has 3 aromatic carbocycles. The molecule has 0 atom stereocenters. The molecule has 0 radical (unpaired) electrons. The van der Waals surface area contributed by atoms with Crippen molar-refractivity contribution < 1.29 is 17.8 Å². The number of aryl methyl sites for hydroxylation is 1. The molecule has 1 N–H and O–H groups in total. The van der Waals surface area contributed by atoms with Crippen molar-refractivity contribution in [1.82, 2.24) is 9.55 Å². The van der Waals surface area contributed by atoms with Gasteiger partial charge in [0, 0.05) is 5.57 Å². The van der Waals surface area contributed by atoms with Gasteiger partial charge in [-0.1, -0.05) is 47.0 Å². The molecule has 0 saturated carbocycles. The number of azo groups is 1. The van der Waals surface area contributed by atoms with Gasteiger partial charge in [-0.3, -0.25) is 18.9 Å². The van der Waals surface area contributed by atoms with Gasteiger partial charge in [-0.2, -0.15) is 23.9 Å². The van der Waals surface area contributed by atoms with Crippen LogP contribution in [0.4, 0.5) is 11.4 Å². The highest BCUT2D eigenvalue weighted by Gasteiger charge is 2.32. The Kier molecular flexibility index (Phi) is 7.12. The van der Waals surface area contributed by atoms with Crippen LogP contribution < -0.4 is 0 Å². The lowest BCUT2D eigenvalue weighted by atomic mass is 10.0. The van der Waals surface area contributed by atoms with Crippen LogP contribution in [0.15, 0.2) is 80.3 Å². The van der Waals surface area contributed by atoms with E-state index < -0.39 is 20.9 Å². The standard InChI is InChI=1S/C27H18Cl2N6O4S/c1-14-3-6-17(7-4-14)33-34-18-8-5-16(24(9-18)40(37,38)39)13-31-25-15(2)19(12-30)26-32-22-10-20(28)21(29)11-23(22)35(26)27(25)36/h3-11H,13H2,1-2H3,(H,37,38,39). The summed E-state index contributed by atoms with van der Waals surface area (Å²) in [5.41, 5.74) is 2.93. The third-order valence-corrected chi connectivity index (χ3v) is 7.88. The number of hydrogen-bond donors (Lipinski definition) is 1. The molecule has 13 heteroatoms. The molecule has 0 fully saturated rings. The zero-order valence-corrected chi connectivity index (χ0v) is 23.3. The van der Waals surface area contributed by atoms with E-state index in [2.05, 4.69) is 26.3 Å². The van der Waals surface area contributed by atoms with Gasteiger partial charge in [-0.05, 0) is 55.8 Å². The Morgan fingerprint density at radius 1 is 1.00 bits per heavy atom. The monoisotopic (exact) mass is 592 g/mol. The number of fused-ring (bicyclic) bond motifs is 3. The maximum atomic E-state index is 13.5. The SMILES string of the molecule is CC1=C(C#N)c2nc3cc(Cl)c(Cl)cc3n2C(=O)C1=NCc1ccc(N=Nc2ccc(C)cc2)cc1S(=O)(=O)O. The Hall–Kier alpha value is -4.21. The molecule has 40 heavy (non-hydrogen) atoms. The largest absolute Gasteiger partial charge is 0.294 e. The average molecular weight is 593 g/mol. The molecule has 0 spiro atoms. The van der Waals surface area contributed by atoms with Crippen molar-refractivity contribution >= 4 is 72.9 Å². The van der Waals surface area contributed by atoms with E-state index in [0.717, 1.165) is 5.56 Å². The minimum absolute atomic E-state index is 0.0705. The number of carbonyl (C=O) groups is 1. The summed E-state index contributed by atoms with van der Waals surface area (Å²) in [4.78, 5) is 21.9. The molecule has 4 aromatic rings. The molecule has 1 aliphatic heterocycles. The van der Waals surface area contributed by atoms with Crippen LogP contribution in [0.25, 0.3) is 16.6 Å². The molecule has 0 amide bonds. The number of halogens is 2. The number of aliphatic imine (C=N–C) groups is 1. The first kappa shape index (κ1) is 27.4. The van der Waals surface area contributed by atoms with Crippen LogP contribution in [-0.2, 0) is 16.7 Å². The number of allylic oxidation sites excluding steroid dienone is 2. The van der Waals surface area contributed by atoms with Crippen LogP contribution in [0.1, 0.15) is 28.7 Å². The van der Waals surface area contributed by atoms with E-state index in [1.165, 1.54) is 34.9 Å². The highest BCUT2D eigenvalue weighted by Crippen LogP contribution is 2.34. The average Bonchev–Trinajstić information content (AvgIpc) is 3.26. The molecule has 5 rings (SSSR count). The summed E-state index contributed by atoms with van der Waals surface area (Å²) in [6.45, 7) is 3.19. The normalized spacial score (nSPS) is 14.8. The highest BCUT2D eigenvalue weighted by atomic mass is 35.5. The number of imidazole rings is 1. The Morgan fingerprint density at radius 2 is 1.65 bits per heavy atom. The molecule has 200 valence electrons. The van der Waals surface area contributed by atoms with E-state index in [-0.39, 0.29) is 50.5 Å². The summed E-state index contributed by atoms with van der Waals surface area (Å²) in [6.07, 6.45) is 0. The van der Waals surface area contributed by atoms with Gasteiger partial charge in [0.25, 0.3) is 16.0 Å². The van der Waals surface area contributed by atoms with Crippen LogP contribution in [0.3, 0.4) is 0 Å². The van der Waals surface area contributed by atoms with Gasteiger partial charge < -0.3 is 0 Å². The second-order valence-corrected chi connectivity index (χ2v) is 11.1. The van der Waals surface area contributed by atoms with Gasteiger partial charge in [-0.25, -0.2) is 4.98 Å². The minimum Gasteiger partial charge on any atom is -0.282 e. The summed E-state index contributed by atoms with van der Waals surface area (Å²) in [6, 6.07) is 16.4. The lowest BCUT2D eigenvalue weighted by Gasteiger charge is -2.17. The van der Waals surface area contributed by atoms with E-state index in [1.807, 2.05) is 19.1 Å². The Bertz CT molecular complexity index is 1970. The number of aromatic nitrogens is 2. The van der Waals surface area contributed by atoms with Gasteiger partial charge in [0.15, 0.2) is 5.82 Å². The zero-order valence-electron chi connectivity index (χ0n) is 20.9. The van der Waals surface area contributed by atoms with Crippen LogP contribution >= 0.6 is 23.2 Å². The number of benzene rings is 3. The zero-order chi connectivity index (χ0) is 28.8. The van der Waals surface area contributed by atoms with Gasteiger partial charge in [-0.15, -0.1) is 0 Å². The summed E-state index contributed by atoms with van der Waals surface area (Å²) in [5.74, 6) is -0.455. The number of hydrogen-bond acceptors (Lipinski definition) is 8. The van der Waals surface area contributed by atoms with Gasteiger partial charge in [0.1, 0.15) is 22.2 Å². The molecule has 0 bridgehead atoms. The Morgan fingerprint density at radius 3 is 2.33 bits per heavy atom. The van der Waals surface area contributed by atoms with Crippen molar-refractivity contribution in [3.8, 4) is 6.07 Å². The predicted octanol–water partition coefficient (Wildman–Crippen LogP) is 6.91. The maximum absolute atomic E-state index is 13.5. The number of nitrogens with zero attached hydrogens (tertiary/aromatic N) is 6. The molecule has 0 saturated heterocycles. The third kappa shape index (κ3) is 5.05. The van der Waals surface area contributed by atoms with Crippen molar-refractivity contribution in [3.63, 3.8) is 0 Å². The molecule has 2 heterocycles. The van der Waals surface area contributed by atoms with Gasteiger partial charge in [0.2, 0.25) is 0 Å². The minimum atomic E-state index is -4.68. The van der Waals surface area contributed by atoms with Crippen LogP contribution in [0, 0.1) is 18.3 Å². The second-order valence-electron chi connectivity index (χ2n) is 8.91. The maximum Gasteiger partial charge on any atom is 0.294 e. The molecular weight excluding hydrogens is 575 g/mol. The molecule has 0 unspecified atom stereocenters. The van der Waals surface area contributed by atoms with Crippen molar-refractivity contribution in [2.75, 3.05) is 0 Å². The number of carbonyl (C=O) groups excluding carboxylic acids is 1. The molecule has 0 aliphatic carbocycles.